The van der Waals surface area contributed by atoms with Crippen molar-refractivity contribution < 1.29 is 13.2 Å². The molecule has 0 saturated heterocycles. The zero-order chi connectivity index (χ0) is 11.8. The van der Waals surface area contributed by atoms with Gasteiger partial charge in [-0.3, -0.25) is 0 Å². The number of nitrogens with zero attached hydrogens (tertiary/aromatic N) is 2. The summed E-state index contributed by atoms with van der Waals surface area (Å²) in [5.41, 5.74) is -0.0377. The van der Waals surface area contributed by atoms with Gasteiger partial charge in [0.05, 0.1) is 11.6 Å². The molecule has 0 aliphatic rings. The third-order valence-electron chi connectivity index (χ3n) is 2.34. The largest absolute Gasteiger partial charge is 0.416 e. The van der Waals surface area contributed by atoms with Crippen molar-refractivity contribution in [3.63, 3.8) is 0 Å². The van der Waals surface area contributed by atoms with Crippen LogP contribution in [0.25, 0.3) is 10.9 Å². The summed E-state index contributed by atoms with van der Waals surface area (Å²) in [6.07, 6.45) is -2.72. The number of fused-ring (bicyclic) bond motifs is 1. The molecule has 5 heteroatoms. The third kappa shape index (κ3) is 1.74. The van der Waals surface area contributed by atoms with Crippen LogP contribution in [0.5, 0.6) is 0 Å². The molecule has 0 radical (unpaired) electrons. The zero-order valence-corrected chi connectivity index (χ0v) is 8.12. The predicted molar refractivity (Wildman–Crippen MR) is 52.6 cm³/mol. The summed E-state index contributed by atoms with van der Waals surface area (Å²) in [6.45, 7) is 0.134. The summed E-state index contributed by atoms with van der Waals surface area (Å²) in [7, 11) is 0. The number of aromatic nitrogens is 1. The van der Waals surface area contributed by atoms with Crippen LogP contribution in [0.4, 0.5) is 13.2 Å². The molecule has 0 unspecified atom stereocenters. The molecule has 0 spiro atoms. The molecule has 1 heterocycles. The van der Waals surface area contributed by atoms with Gasteiger partial charge < -0.3 is 4.57 Å². The van der Waals surface area contributed by atoms with Crippen LogP contribution in [-0.4, -0.2) is 4.57 Å². The lowest BCUT2D eigenvalue weighted by Crippen LogP contribution is -2.04. The van der Waals surface area contributed by atoms with E-state index < -0.39 is 11.7 Å². The highest BCUT2D eigenvalue weighted by atomic mass is 19.4. The highest BCUT2D eigenvalue weighted by Gasteiger charge is 2.30. The van der Waals surface area contributed by atoms with Gasteiger partial charge in [-0.25, -0.2) is 0 Å². The first-order valence-electron chi connectivity index (χ1n) is 4.55. The standard InChI is InChI=1S/C11H7F3N2/c12-11(13,14)9-1-2-10-8(7-9)3-5-16(10)6-4-15/h1-3,5,7H,6H2. The van der Waals surface area contributed by atoms with Crippen LogP contribution >= 0.6 is 0 Å². The highest BCUT2D eigenvalue weighted by Crippen LogP contribution is 2.31. The monoisotopic (exact) mass is 224 g/mol. The molecule has 0 fully saturated rings. The topological polar surface area (TPSA) is 28.7 Å². The molecule has 0 aliphatic carbocycles. The van der Waals surface area contributed by atoms with Crippen molar-refractivity contribution >= 4 is 10.9 Å². The molecule has 82 valence electrons. The van der Waals surface area contributed by atoms with Crippen LogP contribution in [-0.2, 0) is 12.7 Å². The Kier molecular flexibility index (Phi) is 2.35. The van der Waals surface area contributed by atoms with Crippen molar-refractivity contribution in [3.8, 4) is 6.07 Å². The van der Waals surface area contributed by atoms with Gasteiger partial charge >= 0.3 is 6.18 Å². The summed E-state index contributed by atoms with van der Waals surface area (Å²) in [5, 5.41) is 9.02. The van der Waals surface area contributed by atoms with Crippen molar-refractivity contribution in [1.82, 2.24) is 4.57 Å². The minimum Gasteiger partial charge on any atom is -0.334 e. The Bertz CT molecular complexity index is 561. The van der Waals surface area contributed by atoms with Crippen LogP contribution in [0.2, 0.25) is 0 Å². The van der Waals surface area contributed by atoms with E-state index in [-0.39, 0.29) is 6.54 Å². The Morgan fingerprint density at radius 1 is 1.25 bits per heavy atom. The zero-order valence-electron chi connectivity index (χ0n) is 8.12. The smallest absolute Gasteiger partial charge is 0.334 e. The first-order chi connectivity index (χ1) is 7.52. The normalized spacial score (nSPS) is 11.6. The Morgan fingerprint density at radius 2 is 2.00 bits per heavy atom. The molecule has 0 atom stereocenters. The first-order valence-corrected chi connectivity index (χ1v) is 4.55. The molecular formula is C11H7F3N2. The van der Waals surface area contributed by atoms with Crippen molar-refractivity contribution in [2.24, 2.45) is 0 Å². The average Bonchev–Trinajstić information content (AvgIpc) is 2.60. The molecule has 1 aromatic heterocycles. The Labute approximate surface area is 89.5 Å². The van der Waals surface area contributed by atoms with Crippen LogP contribution in [0, 0.1) is 11.3 Å². The van der Waals surface area contributed by atoms with Gasteiger partial charge in [-0.05, 0) is 24.3 Å². The second-order valence-corrected chi connectivity index (χ2v) is 3.37. The molecule has 2 nitrogen and oxygen atoms in total. The summed E-state index contributed by atoms with van der Waals surface area (Å²) in [4.78, 5) is 0. The molecule has 0 aliphatic heterocycles. The number of hydrogen-bond acceptors (Lipinski definition) is 1. The van der Waals surface area contributed by atoms with E-state index in [1.165, 1.54) is 6.07 Å². The molecule has 0 bridgehead atoms. The van der Waals surface area contributed by atoms with E-state index in [1.807, 2.05) is 6.07 Å². The van der Waals surface area contributed by atoms with Crippen LogP contribution < -0.4 is 0 Å². The fourth-order valence-electron chi connectivity index (χ4n) is 1.59. The van der Waals surface area contributed by atoms with Crippen molar-refractivity contribution in [2.75, 3.05) is 0 Å². The molecule has 1 aromatic carbocycles. The van der Waals surface area contributed by atoms with Crippen molar-refractivity contribution in [3.05, 3.63) is 36.0 Å². The maximum Gasteiger partial charge on any atom is 0.416 e. The lowest BCUT2D eigenvalue weighted by atomic mass is 10.1. The summed E-state index contributed by atoms with van der Waals surface area (Å²) in [5.74, 6) is 0. The van der Waals surface area contributed by atoms with E-state index in [4.69, 9.17) is 5.26 Å². The van der Waals surface area contributed by atoms with Gasteiger partial charge in [-0.15, -0.1) is 0 Å². The molecule has 0 amide bonds. The van der Waals surface area contributed by atoms with Gasteiger partial charge in [0.15, 0.2) is 0 Å². The highest BCUT2D eigenvalue weighted by molar-refractivity contribution is 5.81. The molecule has 0 saturated carbocycles. The van der Waals surface area contributed by atoms with Gasteiger partial charge in [0, 0.05) is 17.1 Å². The van der Waals surface area contributed by atoms with Crippen molar-refractivity contribution in [2.45, 2.75) is 12.7 Å². The Morgan fingerprint density at radius 3 is 2.62 bits per heavy atom. The molecule has 0 N–H and O–H groups in total. The quantitative estimate of drug-likeness (QED) is 0.731. The maximum atomic E-state index is 12.4. The summed E-state index contributed by atoms with van der Waals surface area (Å²) in [6, 6.07) is 7.01. The number of nitriles is 1. The van der Waals surface area contributed by atoms with Gasteiger partial charge in [0.25, 0.3) is 0 Å². The van der Waals surface area contributed by atoms with Crippen molar-refractivity contribution in [1.29, 1.82) is 5.26 Å². The van der Waals surface area contributed by atoms with Crippen LogP contribution in [0.15, 0.2) is 30.5 Å². The number of halogens is 3. The molecule has 16 heavy (non-hydrogen) atoms. The SMILES string of the molecule is N#CCn1ccc2cc(C(F)(F)F)ccc21. The van der Waals surface area contributed by atoms with Crippen LogP contribution in [0.3, 0.4) is 0 Å². The van der Waals surface area contributed by atoms with E-state index in [9.17, 15) is 13.2 Å². The lowest BCUT2D eigenvalue weighted by Gasteiger charge is -2.06. The second kappa shape index (κ2) is 3.56. The summed E-state index contributed by atoms with van der Waals surface area (Å²) >= 11 is 0. The number of hydrogen-bond donors (Lipinski definition) is 0. The maximum absolute atomic E-state index is 12.4. The molecule has 2 rings (SSSR count). The average molecular weight is 224 g/mol. The Balaban J connectivity index is 2.54. The fourth-order valence-corrected chi connectivity index (χ4v) is 1.59. The fraction of sp³-hybridized carbons (Fsp3) is 0.182. The summed E-state index contributed by atoms with van der Waals surface area (Å²) < 4.78 is 38.8. The molecular weight excluding hydrogens is 217 g/mol. The lowest BCUT2D eigenvalue weighted by molar-refractivity contribution is -0.137. The van der Waals surface area contributed by atoms with E-state index in [2.05, 4.69) is 0 Å². The minimum absolute atomic E-state index is 0.134. The number of benzene rings is 1. The first kappa shape index (κ1) is 10.6. The van der Waals surface area contributed by atoms with E-state index in [1.54, 1.807) is 16.8 Å². The number of rotatable bonds is 1. The van der Waals surface area contributed by atoms with Gasteiger partial charge in [-0.2, -0.15) is 18.4 Å². The van der Waals surface area contributed by atoms with E-state index >= 15 is 0 Å². The van der Waals surface area contributed by atoms with Crippen LogP contribution in [0.1, 0.15) is 5.56 Å². The number of alkyl halides is 3. The van der Waals surface area contributed by atoms with Gasteiger partial charge in [0.2, 0.25) is 0 Å². The third-order valence-corrected chi connectivity index (χ3v) is 2.34. The minimum atomic E-state index is -4.33. The van der Waals surface area contributed by atoms with Gasteiger partial charge in [-0.1, -0.05) is 0 Å². The second-order valence-electron chi connectivity index (χ2n) is 3.37. The van der Waals surface area contributed by atoms with E-state index in [0.717, 1.165) is 12.1 Å². The predicted octanol–water partition coefficient (Wildman–Crippen LogP) is 3.18. The Hall–Kier alpha value is -1.96. The molecule has 2 aromatic rings. The van der Waals surface area contributed by atoms with Gasteiger partial charge in [0.1, 0.15) is 6.54 Å². The van der Waals surface area contributed by atoms with E-state index in [0.29, 0.717) is 10.9 Å².